The van der Waals surface area contributed by atoms with Crippen molar-refractivity contribution in [2.24, 2.45) is 7.05 Å². The van der Waals surface area contributed by atoms with E-state index in [0.29, 0.717) is 0 Å². The number of aromatic nitrogens is 2. The van der Waals surface area contributed by atoms with E-state index in [1.807, 2.05) is 50.8 Å². The van der Waals surface area contributed by atoms with Crippen LogP contribution in [0.3, 0.4) is 0 Å². The number of hydrogen-bond donors (Lipinski definition) is 0. The Bertz CT molecular complexity index is 388. The molecule has 82 valence electrons. The van der Waals surface area contributed by atoms with Gasteiger partial charge in [-0.2, -0.15) is 5.10 Å². The highest BCUT2D eigenvalue weighted by Crippen LogP contribution is 2.09. The lowest BCUT2D eigenvalue weighted by atomic mass is 10.3. The van der Waals surface area contributed by atoms with Crippen molar-refractivity contribution in [1.29, 1.82) is 0 Å². The number of benzene rings is 1. The Labute approximate surface area is 92.2 Å². The van der Waals surface area contributed by atoms with Crippen molar-refractivity contribution in [1.82, 2.24) is 9.78 Å². The van der Waals surface area contributed by atoms with Crippen LogP contribution in [-0.2, 0) is 7.05 Å². The van der Waals surface area contributed by atoms with Crippen LogP contribution in [-0.4, -0.2) is 9.78 Å². The largest absolute Gasteiger partial charge is 0.268 e. The summed E-state index contributed by atoms with van der Waals surface area (Å²) in [5, 5.41) is 5.31. The molecule has 0 aliphatic heterocycles. The van der Waals surface area contributed by atoms with E-state index in [-0.39, 0.29) is 0 Å². The Hall–Kier alpha value is -1.57. The predicted octanol–water partition coefficient (Wildman–Crippen LogP) is 3.79. The summed E-state index contributed by atoms with van der Waals surface area (Å²) in [6, 6.07) is 8.15. The molecule has 2 aromatic rings. The Morgan fingerprint density at radius 2 is 1.80 bits per heavy atom. The number of para-hydroxylation sites is 1. The maximum absolute atomic E-state index is 4.11. The van der Waals surface area contributed by atoms with Crippen molar-refractivity contribution in [3.63, 3.8) is 0 Å². The van der Waals surface area contributed by atoms with E-state index in [9.17, 15) is 0 Å². The highest BCUT2D eigenvalue weighted by molar-refractivity contribution is 5.78. The monoisotopic (exact) mass is 204 g/mol. The molecule has 0 aliphatic carbocycles. The molecular formula is C13H20N2. The van der Waals surface area contributed by atoms with E-state index in [1.54, 1.807) is 6.08 Å². The molecule has 0 unspecified atom stereocenters. The Morgan fingerprint density at radius 3 is 2.33 bits per heavy atom. The number of nitrogens with zero attached hydrogens (tertiary/aromatic N) is 2. The van der Waals surface area contributed by atoms with Gasteiger partial charge in [0.2, 0.25) is 0 Å². The van der Waals surface area contributed by atoms with E-state index in [0.717, 1.165) is 0 Å². The van der Waals surface area contributed by atoms with Crippen molar-refractivity contribution < 1.29 is 0 Å². The molecule has 0 atom stereocenters. The van der Waals surface area contributed by atoms with Crippen molar-refractivity contribution in [3.8, 4) is 0 Å². The lowest BCUT2D eigenvalue weighted by Crippen LogP contribution is -1.87. The van der Waals surface area contributed by atoms with Crippen molar-refractivity contribution >= 4 is 10.9 Å². The molecule has 1 heterocycles. The molecule has 0 spiro atoms. The number of rotatable bonds is 0. The fraction of sp³-hybridized carbons (Fsp3) is 0.308. The number of fused-ring (bicyclic) bond motifs is 1. The van der Waals surface area contributed by atoms with E-state index in [4.69, 9.17) is 0 Å². The minimum Gasteiger partial charge on any atom is -0.268 e. The van der Waals surface area contributed by atoms with Crippen LogP contribution in [0.5, 0.6) is 0 Å². The smallest absolute Gasteiger partial charge is 0.0679 e. The summed E-state index contributed by atoms with van der Waals surface area (Å²) < 4.78 is 1.87. The van der Waals surface area contributed by atoms with Gasteiger partial charge in [-0.15, -0.1) is 6.58 Å². The molecule has 0 bridgehead atoms. The Kier molecular flexibility index (Phi) is 6.98. The molecule has 0 saturated carbocycles. The van der Waals surface area contributed by atoms with E-state index < -0.39 is 0 Å². The molecule has 1 aromatic heterocycles. The van der Waals surface area contributed by atoms with Gasteiger partial charge in [-0.05, 0) is 13.0 Å². The molecule has 0 saturated heterocycles. The third-order valence-corrected chi connectivity index (χ3v) is 1.66. The highest BCUT2D eigenvalue weighted by atomic mass is 15.2. The molecule has 0 N–H and O–H groups in total. The quantitative estimate of drug-likeness (QED) is 0.597. The van der Waals surface area contributed by atoms with Gasteiger partial charge in [0.1, 0.15) is 0 Å². The summed E-state index contributed by atoms with van der Waals surface area (Å²) in [5.74, 6) is 0. The van der Waals surface area contributed by atoms with Gasteiger partial charge in [-0.3, -0.25) is 4.68 Å². The maximum atomic E-state index is 4.11. The molecule has 1 aromatic carbocycles. The summed E-state index contributed by atoms with van der Waals surface area (Å²) in [5.41, 5.74) is 1.18. The number of aryl methyl sites for hydroxylation is 1. The van der Waals surface area contributed by atoms with Crippen LogP contribution in [0.4, 0.5) is 0 Å². The third-order valence-electron chi connectivity index (χ3n) is 1.66. The van der Waals surface area contributed by atoms with Gasteiger partial charge in [0.25, 0.3) is 0 Å². The maximum Gasteiger partial charge on any atom is 0.0679 e. The van der Waals surface area contributed by atoms with Crippen LogP contribution in [0.15, 0.2) is 43.1 Å². The Morgan fingerprint density at radius 1 is 1.27 bits per heavy atom. The van der Waals surface area contributed by atoms with Gasteiger partial charge >= 0.3 is 0 Å². The van der Waals surface area contributed by atoms with Crippen LogP contribution in [0.1, 0.15) is 20.8 Å². The van der Waals surface area contributed by atoms with Gasteiger partial charge in [-0.1, -0.05) is 38.1 Å². The lowest BCUT2D eigenvalue weighted by molar-refractivity contribution is 0.797. The first-order valence-corrected chi connectivity index (χ1v) is 5.23. The van der Waals surface area contributed by atoms with Crippen LogP contribution in [0.25, 0.3) is 10.9 Å². The van der Waals surface area contributed by atoms with E-state index in [1.165, 1.54) is 10.9 Å². The average Bonchev–Trinajstić information content (AvgIpc) is 2.65. The van der Waals surface area contributed by atoms with E-state index >= 15 is 0 Å². The van der Waals surface area contributed by atoms with Gasteiger partial charge in [0.05, 0.1) is 11.7 Å². The van der Waals surface area contributed by atoms with Crippen LogP contribution in [0, 0.1) is 0 Å². The molecule has 0 aliphatic rings. The topological polar surface area (TPSA) is 17.8 Å². The van der Waals surface area contributed by atoms with Gasteiger partial charge in [0, 0.05) is 12.4 Å². The second-order valence-corrected chi connectivity index (χ2v) is 2.74. The van der Waals surface area contributed by atoms with Gasteiger partial charge < -0.3 is 0 Å². The zero-order chi connectivity index (χ0) is 11.7. The number of allylic oxidation sites excluding steroid dienone is 1. The first-order valence-electron chi connectivity index (χ1n) is 5.23. The van der Waals surface area contributed by atoms with Gasteiger partial charge in [-0.25, -0.2) is 0 Å². The second kappa shape index (κ2) is 7.80. The molecule has 2 heteroatoms. The summed E-state index contributed by atoms with van der Waals surface area (Å²) in [4.78, 5) is 0. The van der Waals surface area contributed by atoms with Crippen LogP contribution < -0.4 is 0 Å². The summed E-state index contributed by atoms with van der Waals surface area (Å²) >= 11 is 0. The van der Waals surface area contributed by atoms with Gasteiger partial charge in [0.15, 0.2) is 0 Å². The predicted molar refractivity (Wildman–Crippen MR) is 67.9 cm³/mol. The average molecular weight is 204 g/mol. The molecule has 0 radical (unpaired) electrons. The first-order chi connectivity index (χ1) is 7.29. The standard InChI is InChI=1S/C8H8N2.C3H6.C2H6/c1-10-8-5-3-2-4-7(8)6-9-10;1-3-2;1-2/h2-6H,1H3;3H,1H2,2H3;1-2H3. The van der Waals surface area contributed by atoms with Crippen LogP contribution >= 0.6 is 0 Å². The molecule has 0 fully saturated rings. The molecule has 2 rings (SSSR count). The fourth-order valence-electron chi connectivity index (χ4n) is 1.10. The van der Waals surface area contributed by atoms with Crippen molar-refractivity contribution in [2.75, 3.05) is 0 Å². The van der Waals surface area contributed by atoms with Crippen molar-refractivity contribution in [2.45, 2.75) is 20.8 Å². The minimum atomic E-state index is 1.18. The lowest BCUT2D eigenvalue weighted by Gasteiger charge is -1.90. The first kappa shape index (κ1) is 13.4. The molecule has 15 heavy (non-hydrogen) atoms. The number of hydrogen-bond acceptors (Lipinski definition) is 1. The zero-order valence-corrected chi connectivity index (χ0v) is 10.1. The third kappa shape index (κ3) is 3.98. The molecule has 0 amide bonds. The molecular weight excluding hydrogens is 184 g/mol. The Balaban J connectivity index is 0.000000342. The second-order valence-electron chi connectivity index (χ2n) is 2.74. The summed E-state index contributed by atoms with van der Waals surface area (Å²) in [6.07, 6.45) is 3.62. The van der Waals surface area contributed by atoms with Crippen LogP contribution in [0.2, 0.25) is 0 Å². The SMILES string of the molecule is C=CC.CC.Cn1ncc2ccccc21. The van der Waals surface area contributed by atoms with Crippen molar-refractivity contribution in [3.05, 3.63) is 43.1 Å². The highest BCUT2D eigenvalue weighted by Gasteiger charge is 1.93. The molecule has 2 nitrogen and oxygen atoms in total. The zero-order valence-electron chi connectivity index (χ0n) is 10.1. The summed E-state index contributed by atoms with van der Waals surface area (Å²) in [7, 11) is 1.95. The minimum absolute atomic E-state index is 1.18. The normalized spacial score (nSPS) is 8.27. The van der Waals surface area contributed by atoms with E-state index in [2.05, 4.69) is 23.8 Å². The fourth-order valence-corrected chi connectivity index (χ4v) is 1.10. The summed E-state index contributed by atoms with van der Waals surface area (Å²) in [6.45, 7) is 9.25.